The van der Waals surface area contributed by atoms with Gasteiger partial charge in [-0.3, -0.25) is 14.9 Å². The fourth-order valence-electron chi connectivity index (χ4n) is 2.65. The van der Waals surface area contributed by atoms with Crippen LogP contribution in [0.25, 0.3) is 11.0 Å². The second-order valence-electron chi connectivity index (χ2n) is 6.13. The smallest absolute Gasteiger partial charge is 0.375 e. The van der Waals surface area contributed by atoms with Gasteiger partial charge in [0.1, 0.15) is 0 Å². The summed E-state index contributed by atoms with van der Waals surface area (Å²) in [6, 6.07) is 7.02. The third kappa shape index (κ3) is 3.91. The van der Waals surface area contributed by atoms with Gasteiger partial charge in [0.15, 0.2) is 17.5 Å². The number of furan rings is 1. The Hall–Kier alpha value is -3.82. The number of amides is 1. The Bertz CT molecular complexity index is 1140. The van der Waals surface area contributed by atoms with Crippen molar-refractivity contribution in [1.82, 2.24) is 0 Å². The lowest BCUT2D eigenvalue weighted by Crippen LogP contribution is -2.30. The number of nitrogens with one attached hydrogen (secondary N) is 1. The van der Waals surface area contributed by atoms with Crippen LogP contribution in [0, 0.1) is 28.7 Å². The zero-order valence-electron chi connectivity index (χ0n) is 15.2. The SMILES string of the molecule is Cc1c(C(=O)OC(C)C(=O)Nc2ccc(F)c([N+](=O)[O-])c2)oc2c(F)cccc12. The highest BCUT2D eigenvalue weighted by molar-refractivity contribution is 5.99. The van der Waals surface area contributed by atoms with Crippen LogP contribution in [0.5, 0.6) is 0 Å². The highest BCUT2D eigenvalue weighted by Gasteiger charge is 2.25. The van der Waals surface area contributed by atoms with Gasteiger partial charge in [-0.25, -0.2) is 9.18 Å². The molecule has 150 valence electrons. The summed E-state index contributed by atoms with van der Waals surface area (Å²) in [5.74, 6) is -3.74. The number of nitro groups is 1. The van der Waals surface area contributed by atoms with Crippen LogP contribution in [0.15, 0.2) is 40.8 Å². The predicted molar refractivity (Wildman–Crippen MR) is 97.5 cm³/mol. The van der Waals surface area contributed by atoms with E-state index in [0.717, 1.165) is 18.2 Å². The molecular weight excluding hydrogens is 390 g/mol. The number of para-hydroxylation sites is 1. The van der Waals surface area contributed by atoms with Crippen LogP contribution >= 0.6 is 0 Å². The number of rotatable bonds is 5. The number of anilines is 1. The van der Waals surface area contributed by atoms with Gasteiger partial charge >= 0.3 is 11.7 Å². The number of ether oxygens (including phenoxy) is 1. The minimum absolute atomic E-state index is 0.0482. The molecule has 0 bridgehead atoms. The van der Waals surface area contributed by atoms with Crippen LogP contribution in [0.3, 0.4) is 0 Å². The molecule has 8 nitrogen and oxygen atoms in total. The maximum Gasteiger partial charge on any atom is 0.375 e. The number of halogens is 2. The van der Waals surface area contributed by atoms with Crippen molar-refractivity contribution in [3.63, 3.8) is 0 Å². The molecule has 3 rings (SSSR count). The van der Waals surface area contributed by atoms with Gasteiger partial charge in [0.25, 0.3) is 5.91 Å². The largest absolute Gasteiger partial charge is 0.447 e. The van der Waals surface area contributed by atoms with E-state index in [1.807, 2.05) is 0 Å². The van der Waals surface area contributed by atoms with Crippen molar-refractivity contribution in [2.45, 2.75) is 20.0 Å². The summed E-state index contributed by atoms with van der Waals surface area (Å²) in [6.07, 6.45) is -1.32. The van der Waals surface area contributed by atoms with Crippen molar-refractivity contribution in [3.8, 4) is 0 Å². The zero-order chi connectivity index (χ0) is 21.3. The molecular formula is C19H14F2N2O6. The fourth-order valence-corrected chi connectivity index (χ4v) is 2.65. The number of carbonyl (C=O) groups is 2. The van der Waals surface area contributed by atoms with Crippen molar-refractivity contribution in [3.05, 3.63) is 69.5 Å². The molecule has 1 N–H and O–H groups in total. The molecule has 0 aliphatic carbocycles. The summed E-state index contributed by atoms with van der Waals surface area (Å²) in [5, 5.41) is 13.5. The number of nitrogens with zero attached hydrogens (tertiary/aromatic N) is 1. The van der Waals surface area contributed by atoms with Gasteiger partial charge in [0, 0.05) is 22.7 Å². The summed E-state index contributed by atoms with van der Waals surface area (Å²) in [7, 11) is 0. The number of aryl methyl sites for hydroxylation is 1. The number of esters is 1. The van der Waals surface area contributed by atoms with Gasteiger partial charge in [-0.05, 0) is 32.0 Å². The summed E-state index contributed by atoms with van der Waals surface area (Å²) >= 11 is 0. The van der Waals surface area contributed by atoms with E-state index in [4.69, 9.17) is 9.15 Å². The van der Waals surface area contributed by atoms with E-state index in [2.05, 4.69) is 5.32 Å². The Labute approximate surface area is 162 Å². The van der Waals surface area contributed by atoms with Crippen molar-refractivity contribution < 1.29 is 32.4 Å². The molecule has 0 aliphatic heterocycles. The summed E-state index contributed by atoms with van der Waals surface area (Å²) in [6.45, 7) is 2.81. The van der Waals surface area contributed by atoms with Gasteiger partial charge in [-0.15, -0.1) is 0 Å². The number of hydrogen-bond donors (Lipinski definition) is 1. The predicted octanol–water partition coefficient (Wildman–Crippen LogP) is 4.11. The van der Waals surface area contributed by atoms with E-state index in [-0.39, 0.29) is 17.0 Å². The van der Waals surface area contributed by atoms with Crippen LogP contribution in [-0.2, 0) is 9.53 Å². The quantitative estimate of drug-likeness (QED) is 0.389. The third-order valence-electron chi connectivity index (χ3n) is 4.16. The minimum atomic E-state index is -1.32. The number of benzene rings is 2. The van der Waals surface area contributed by atoms with Gasteiger partial charge in [-0.2, -0.15) is 4.39 Å². The van der Waals surface area contributed by atoms with E-state index in [1.165, 1.54) is 19.1 Å². The van der Waals surface area contributed by atoms with Crippen molar-refractivity contribution >= 4 is 34.2 Å². The third-order valence-corrected chi connectivity index (χ3v) is 4.16. The van der Waals surface area contributed by atoms with Crippen LogP contribution in [0.2, 0.25) is 0 Å². The Morgan fingerprint density at radius 2 is 1.93 bits per heavy atom. The zero-order valence-corrected chi connectivity index (χ0v) is 15.2. The monoisotopic (exact) mass is 404 g/mol. The lowest BCUT2D eigenvalue weighted by Gasteiger charge is -2.13. The van der Waals surface area contributed by atoms with Crippen LogP contribution in [0.1, 0.15) is 23.0 Å². The first kappa shape index (κ1) is 19.9. The van der Waals surface area contributed by atoms with E-state index in [9.17, 15) is 28.5 Å². The maximum absolute atomic E-state index is 13.8. The lowest BCUT2D eigenvalue weighted by molar-refractivity contribution is -0.387. The fraction of sp³-hybridized carbons (Fsp3) is 0.158. The van der Waals surface area contributed by atoms with E-state index >= 15 is 0 Å². The van der Waals surface area contributed by atoms with Gasteiger partial charge in [-0.1, -0.05) is 12.1 Å². The Balaban J connectivity index is 1.74. The Morgan fingerprint density at radius 1 is 1.21 bits per heavy atom. The van der Waals surface area contributed by atoms with E-state index in [1.54, 1.807) is 13.0 Å². The van der Waals surface area contributed by atoms with Gasteiger partial charge < -0.3 is 14.5 Å². The Kier molecular flexibility index (Phi) is 5.26. The van der Waals surface area contributed by atoms with Gasteiger partial charge in [0.05, 0.1) is 4.92 Å². The highest BCUT2D eigenvalue weighted by Crippen LogP contribution is 2.28. The van der Waals surface area contributed by atoms with Crippen LogP contribution < -0.4 is 5.32 Å². The molecule has 10 heteroatoms. The van der Waals surface area contributed by atoms with E-state index in [0.29, 0.717) is 10.9 Å². The molecule has 29 heavy (non-hydrogen) atoms. The standard InChI is InChI=1S/C19H14F2N2O6/c1-9-12-4-3-5-14(21)17(12)29-16(9)19(25)28-10(2)18(24)22-11-6-7-13(20)15(8-11)23(26)27/h3-8,10H,1-2H3,(H,22,24). The molecule has 0 radical (unpaired) electrons. The lowest BCUT2D eigenvalue weighted by atomic mass is 10.1. The second kappa shape index (κ2) is 7.66. The number of carbonyl (C=O) groups excluding carboxylic acids is 2. The molecule has 3 aromatic rings. The molecule has 0 spiro atoms. The first-order chi connectivity index (χ1) is 13.7. The first-order valence-corrected chi connectivity index (χ1v) is 8.32. The minimum Gasteiger partial charge on any atom is -0.447 e. The van der Waals surface area contributed by atoms with Crippen molar-refractivity contribution in [1.29, 1.82) is 0 Å². The molecule has 0 aliphatic rings. The maximum atomic E-state index is 13.8. The van der Waals surface area contributed by atoms with Crippen LogP contribution in [-0.4, -0.2) is 22.9 Å². The molecule has 1 amide bonds. The normalized spacial score (nSPS) is 11.9. The molecule has 1 unspecified atom stereocenters. The molecule has 0 fully saturated rings. The Morgan fingerprint density at radius 3 is 2.59 bits per heavy atom. The first-order valence-electron chi connectivity index (χ1n) is 8.32. The number of nitro benzene ring substituents is 1. The van der Waals surface area contributed by atoms with E-state index < -0.39 is 40.2 Å². The average Bonchev–Trinajstić information content (AvgIpc) is 3.01. The molecule has 1 heterocycles. The van der Waals surface area contributed by atoms with Crippen molar-refractivity contribution in [2.24, 2.45) is 0 Å². The summed E-state index contributed by atoms with van der Waals surface area (Å²) in [5.41, 5.74) is -0.612. The summed E-state index contributed by atoms with van der Waals surface area (Å²) in [4.78, 5) is 34.4. The highest BCUT2D eigenvalue weighted by atomic mass is 19.1. The molecule has 0 saturated heterocycles. The molecule has 1 aromatic heterocycles. The van der Waals surface area contributed by atoms with Gasteiger partial charge in [0.2, 0.25) is 11.6 Å². The average molecular weight is 404 g/mol. The molecule has 1 atom stereocenters. The molecule has 0 saturated carbocycles. The molecule has 2 aromatic carbocycles. The van der Waals surface area contributed by atoms with Crippen molar-refractivity contribution in [2.75, 3.05) is 5.32 Å². The number of fused-ring (bicyclic) bond motifs is 1. The number of hydrogen-bond acceptors (Lipinski definition) is 6. The topological polar surface area (TPSA) is 112 Å². The summed E-state index contributed by atoms with van der Waals surface area (Å²) < 4.78 is 37.5. The van der Waals surface area contributed by atoms with Crippen LogP contribution in [0.4, 0.5) is 20.2 Å². The second-order valence-corrected chi connectivity index (χ2v) is 6.13.